The summed E-state index contributed by atoms with van der Waals surface area (Å²) in [6.07, 6.45) is 2.21. The maximum Gasteiger partial charge on any atom is 0.335 e. The Balaban J connectivity index is 1.38. The number of carboxylic acid groups (broad SMARTS) is 1. The summed E-state index contributed by atoms with van der Waals surface area (Å²) in [6, 6.07) is 16.5. The predicted octanol–water partition coefficient (Wildman–Crippen LogP) is 2.90. The third-order valence-corrected chi connectivity index (χ3v) is 6.23. The molecule has 3 saturated heterocycles. The quantitative estimate of drug-likeness (QED) is 0.654. The number of nitrogens with zero attached hydrogens (tertiary/aromatic N) is 1. The Morgan fingerprint density at radius 3 is 2.37 bits per heavy atom. The van der Waals surface area contributed by atoms with Gasteiger partial charge in [0.1, 0.15) is 6.10 Å². The van der Waals surface area contributed by atoms with Crippen LogP contribution in [0.5, 0.6) is 0 Å². The van der Waals surface area contributed by atoms with Crippen molar-refractivity contribution in [2.24, 2.45) is 5.92 Å². The number of carbonyl (C=O) groups is 2. The molecule has 2 N–H and O–H groups in total. The minimum Gasteiger partial charge on any atom is -0.478 e. The van der Waals surface area contributed by atoms with Crippen LogP contribution in [0, 0.1) is 5.92 Å². The molecule has 0 aliphatic carbocycles. The Morgan fingerprint density at radius 2 is 1.77 bits per heavy atom. The summed E-state index contributed by atoms with van der Waals surface area (Å²) in [7, 11) is 0. The number of hydrogen-bond acceptors (Lipinski definition) is 5. The molecule has 1 unspecified atom stereocenters. The van der Waals surface area contributed by atoms with Gasteiger partial charge < -0.3 is 15.2 Å². The Bertz CT molecular complexity index is 861. The third kappa shape index (κ3) is 4.89. The highest BCUT2D eigenvalue weighted by atomic mass is 16.5. The summed E-state index contributed by atoms with van der Waals surface area (Å²) in [5.41, 5.74) is 2.18. The molecular weight excluding hydrogens is 380 g/mol. The minimum absolute atomic E-state index is 0.00484. The van der Waals surface area contributed by atoms with E-state index in [2.05, 4.69) is 10.2 Å². The van der Waals surface area contributed by atoms with Crippen LogP contribution in [-0.4, -0.2) is 54.2 Å². The van der Waals surface area contributed by atoms with Crippen LogP contribution in [0.4, 0.5) is 0 Å². The smallest absolute Gasteiger partial charge is 0.335 e. The van der Waals surface area contributed by atoms with E-state index >= 15 is 0 Å². The molecular formula is C24H28N2O4. The molecule has 158 valence electrons. The highest BCUT2D eigenvalue weighted by Gasteiger charge is 2.37. The van der Waals surface area contributed by atoms with E-state index in [9.17, 15) is 9.59 Å². The summed E-state index contributed by atoms with van der Waals surface area (Å²) >= 11 is 0. The molecule has 0 amide bonds. The molecule has 6 nitrogen and oxygen atoms in total. The van der Waals surface area contributed by atoms with Crippen molar-refractivity contribution in [3.63, 3.8) is 0 Å². The zero-order chi connectivity index (χ0) is 20.9. The lowest BCUT2D eigenvalue weighted by Crippen LogP contribution is -2.52. The molecule has 2 aromatic rings. The first-order valence-corrected chi connectivity index (χ1v) is 10.6. The van der Waals surface area contributed by atoms with Gasteiger partial charge in [-0.05, 0) is 55.1 Å². The van der Waals surface area contributed by atoms with Crippen LogP contribution in [0.3, 0.4) is 0 Å². The molecule has 6 heteroatoms. The van der Waals surface area contributed by atoms with Crippen LogP contribution in [-0.2, 0) is 16.1 Å². The second kappa shape index (κ2) is 9.41. The van der Waals surface area contributed by atoms with Gasteiger partial charge in [-0.3, -0.25) is 9.69 Å². The summed E-state index contributed by atoms with van der Waals surface area (Å²) in [6.45, 7) is 4.09. The van der Waals surface area contributed by atoms with Gasteiger partial charge in [0.05, 0.1) is 11.5 Å². The van der Waals surface area contributed by atoms with E-state index in [4.69, 9.17) is 9.84 Å². The van der Waals surface area contributed by atoms with Gasteiger partial charge in [-0.25, -0.2) is 4.79 Å². The molecule has 3 fully saturated rings. The van der Waals surface area contributed by atoms with E-state index in [0.717, 1.165) is 43.6 Å². The highest BCUT2D eigenvalue weighted by Crippen LogP contribution is 2.31. The third-order valence-electron chi connectivity index (χ3n) is 6.23. The zero-order valence-electron chi connectivity index (χ0n) is 17.0. The van der Waals surface area contributed by atoms with Crippen molar-refractivity contribution in [1.82, 2.24) is 10.2 Å². The van der Waals surface area contributed by atoms with E-state index in [0.29, 0.717) is 19.0 Å². The fraction of sp³-hybridized carbons (Fsp3) is 0.417. The Kier molecular flexibility index (Phi) is 6.45. The molecule has 2 aromatic carbocycles. The number of benzene rings is 2. The largest absolute Gasteiger partial charge is 0.478 e. The molecule has 3 aliphatic heterocycles. The van der Waals surface area contributed by atoms with Crippen molar-refractivity contribution in [2.75, 3.05) is 26.2 Å². The standard InChI is InChI=1S/C24H28N2O4/c27-23(28)20-8-6-17(7-9-20)14-25-15-21(18-4-2-1-3-5-18)24(29)30-22-16-26-12-10-19(22)11-13-26/h1-9,19,21-22,25H,10-16H2,(H,27,28)/t21?,22-/m0/s1. The number of carboxylic acids is 1. The van der Waals surface area contributed by atoms with Crippen molar-refractivity contribution in [2.45, 2.75) is 31.4 Å². The Morgan fingerprint density at radius 1 is 1.07 bits per heavy atom. The lowest BCUT2D eigenvalue weighted by molar-refractivity contribution is -0.160. The molecule has 0 spiro atoms. The predicted molar refractivity (Wildman–Crippen MR) is 113 cm³/mol. The highest BCUT2D eigenvalue weighted by molar-refractivity contribution is 5.87. The maximum atomic E-state index is 13.1. The van der Waals surface area contributed by atoms with Crippen molar-refractivity contribution in [1.29, 1.82) is 0 Å². The van der Waals surface area contributed by atoms with Crippen molar-refractivity contribution in [3.8, 4) is 0 Å². The van der Waals surface area contributed by atoms with Gasteiger partial charge in [-0.1, -0.05) is 42.5 Å². The molecule has 0 radical (unpaired) electrons. The number of fused-ring (bicyclic) bond motifs is 3. The first-order valence-electron chi connectivity index (χ1n) is 10.6. The zero-order valence-corrected chi connectivity index (χ0v) is 17.0. The SMILES string of the molecule is O=C(O)c1ccc(CNCC(C(=O)O[C@H]2CN3CCC2CC3)c2ccccc2)cc1. The molecule has 3 heterocycles. The molecule has 2 atom stereocenters. The Hall–Kier alpha value is -2.70. The van der Waals surface area contributed by atoms with Crippen LogP contribution < -0.4 is 5.32 Å². The number of aromatic carboxylic acids is 1. The first-order chi connectivity index (χ1) is 14.6. The fourth-order valence-electron chi connectivity index (χ4n) is 4.42. The molecule has 3 aliphatic rings. The van der Waals surface area contributed by atoms with Gasteiger partial charge in [0.25, 0.3) is 0 Å². The average molecular weight is 408 g/mol. The number of esters is 1. The summed E-state index contributed by atoms with van der Waals surface area (Å²) in [5.74, 6) is -1.00. The van der Waals surface area contributed by atoms with Crippen LogP contribution in [0.1, 0.15) is 40.2 Å². The van der Waals surface area contributed by atoms with Gasteiger partial charge in [-0.15, -0.1) is 0 Å². The van der Waals surface area contributed by atoms with Gasteiger partial charge in [0, 0.05) is 19.6 Å². The first kappa shape index (κ1) is 20.6. The van der Waals surface area contributed by atoms with E-state index < -0.39 is 5.97 Å². The minimum atomic E-state index is -0.936. The monoisotopic (exact) mass is 408 g/mol. The number of carbonyl (C=O) groups excluding carboxylic acids is 1. The van der Waals surface area contributed by atoms with Gasteiger partial charge >= 0.3 is 11.9 Å². The Labute approximate surface area is 176 Å². The second-order valence-corrected chi connectivity index (χ2v) is 8.21. The van der Waals surface area contributed by atoms with E-state index in [1.54, 1.807) is 24.3 Å². The number of rotatable bonds is 8. The van der Waals surface area contributed by atoms with Crippen molar-refractivity contribution >= 4 is 11.9 Å². The van der Waals surface area contributed by atoms with Crippen LogP contribution in [0.2, 0.25) is 0 Å². The normalized spacial score (nSPS) is 23.7. The lowest BCUT2D eigenvalue weighted by atomic mass is 9.85. The van der Waals surface area contributed by atoms with Crippen LogP contribution >= 0.6 is 0 Å². The average Bonchev–Trinajstić information content (AvgIpc) is 2.78. The topological polar surface area (TPSA) is 78.9 Å². The van der Waals surface area contributed by atoms with E-state index in [-0.39, 0.29) is 23.6 Å². The molecule has 0 saturated carbocycles. The maximum absolute atomic E-state index is 13.1. The molecule has 30 heavy (non-hydrogen) atoms. The number of hydrogen-bond donors (Lipinski definition) is 2. The second-order valence-electron chi connectivity index (χ2n) is 8.21. The van der Waals surface area contributed by atoms with Gasteiger partial charge in [0.15, 0.2) is 0 Å². The van der Waals surface area contributed by atoms with Crippen LogP contribution in [0.15, 0.2) is 54.6 Å². The summed E-state index contributed by atoms with van der Waals surface area (Å²) < 4.78 is 6.00. The molecule has 0 aromatic heterocycles. The van der Waals surface area contributed by atoms with E-state index in [1.807, 2.05) is 30.3 Å². The summed E-state index contributed by atoms with van der Waals surface area (Å²) in [5, 5.41) is 12.4. The molecule has 2 bridgehead atoms. The summed E-state index contributed by atoms with van der Waals surface area (Å²) in [4.78, 5) is 26.5. The fourth-order valence-corrected chi connectivity index (χ4v) is 4.42. The van der Waals surface area contributed by atoms with Crippen molar-refractivity contribution < 1.29 is 19.4 Å². The van der Waals surface area contributed by atoms with Gasteiger partial charge in [0.2, 0.25) is 0 Å². The van der Waals surface area contributed by atoms with Crippen molar-refractivity contribution in [3.05, 3.63) is 71.3 Å². The van der Waals surface area contributed by atoms with E-state index in [1.165, 1.54) is 0 Å². The number of ether oxygens (including phenoxy) is 1. The van der Waals surface area contributed by atoms with Gasteiger partial charge in [-0.2, -0.15) is 0 Å². The molecule has 5 rings (SSSR count). The lowest BCUT2D eigenvalue weighted by Gasteiger charge is -2.44. The number of piperidine rings is 3. The number of nitrogens with one attached hydrogen (secondary N) is 1. The van der Waals surface area contributed by atoms with Crippen LogP contribution in [0.25, 0.3) is 0 Å².